The second kappa shape index (κ2) is 15.7. The van der Waals surface area contributed by atoms with E-state index in [2.05, 4.69) is 0 Å². The SMILES string of the molecule is COCCSCCOC(=O)C=CC(=O)OCCSCCO. The van der Waals surface area contributed by atoms with E-state index in [1.165, 1.54) is 11.8 Å². The van der Waals surface area contributed by atoms with Gasteiger partial charge in [0.15, 0.2) is 0 Å². The quantitative estimate of drug-likeness (QED) is 0.299. The number of hydrogen-bond donors (Lipinski definition) is 1. The zero-order valence-electron chi connectivity index (χ0n) is 12.1. The van der Waals surface area contributed by atoms with Crippen molar-refractivity contribution in [2.24, 2.45) is 0 Å². The third-order valence-electron chi connectivity index (χ3n) is 1.97. The first-order chi connectivity index (χ1) is 10.2. The summed E-state index contributed by atoms with van der Waals surface area (Å²) in [5, 5.41) is 8.55. The van der Waals surface area contributed by atoms with Gasteiger partial charge < -0.3 is 19.3 Å². The minimum Gasteiger partial charge on any atom is -0.462 e. The van der Waals surface area contributed by atoms with Crippen LogP contribution in [-0.4, -0.2) is 73.6 Å². The first-order valence-electron chi connectivity index (χ1n) is 6.47. The molecule has 0 aromatic heterocycles. The van der Waals surface area contributed by atoms with Crippen LogP contribution >= 0.6 is 23.5 Å². The number of hydrogen-bond acceptors (Lipinski definition) is 8. The summed E-state index contributed by atoms with van der Waals surface area (Å²) in [6, 6.07) is 0. The van der Waals surface area contributed by atoms with Gasteiger partial charge >= 0.3 is 11.9 Å². The summed E-state index contributed by atoms with van der Waals surface area (Å²) in [7, 11) is 1.63. The maximum absolute atomic E-state index is 11.3. The van der Waals surface area contributed by atoms with E-state index in [9.17, 15) is 9.59 Å². The van der Waals surface area contributed by atoms with Crippen molar-refractivity contribution in [1.29, 1.82) is 0 Å². The second-order valence-corrected chi connectivity index (χ2v) is 6.06. The van der Waals surface area contributed by atoms with E-state index in [4.69, 9.17) is 19.3 Å². The Labute approximate surface area is 133 Å². The molecule has 0 radical (unpaired) electrons. The highest BCUT2D eigenvalue weighted by Gasteiger charge is 2.01. The molecule has 0 aromatic carbocycles. The molecule has 0 saturated carbocycles. The molecule has 0 aliphatic carbocycles. The monoisotopic (exact) mass is 338 g/mol. The highest BCUT2D eigenvalue weighted by molar-refractivity contribution is 7.99. The number of aliphatic hydroxyl groups is 1. The fourth-order valence-electron chi connectivity index (χ4n) is 1.05. The summed E-state index contributed by atoms with van der Waals surface area (Å²) in [4.78, 5) is 22.5. The molecular formula is C13H22O6S2. The summed E-state index contributed by atoms with van der Waals surface area (Å²) in [6.07, 6.45) is 2.11. The third-order valence-corrected chi connectivity index (χ3v) is 3.80. The fraction of sp³-hybridized carbons (Fsp3) is 0.692. The Morgan fingerprint density at radius 2 is 1.38 bits per heavy atom. The first-order valence-corrected chi connectivity index (χ1v) is 8.78. The summed E-state index contributed by atoms with van der Waals surface area (Å²) < 4.78 is 14.6. The largest absolute Gasteiger partial charge is 0.462 e. The van der Waals surface area contributed by atoms with Crippen LogP contribution in [0.1, 0.15) is 0 Å². The molecule has 0 unspecified atom stereocenters. The lowest BCUT2D eigenvalue weighted by Gasteiger charge is -2.02. The Morgan fingerprint density at radius 3 is 1.86 bits per heavy atom. The Balaban J connectivity index is 3.52. The molecular weight excluding hydrogens is 316 g/mol. The first kappa shape index (κ1) is 20.3. The van der Waals surface area contributed by atoms with Crippen LogP contribution in [-0.2, 0) is 23.8 Å². The molecule has 122 valence electrons. The van der Waals surface area contributed by atoms with Gasteiger partial charge in [-0.25, -0.2) is 9.59 Å². The van der Waals surface area contributed by atoms with Crippen LogP contribution in [0, 0.1) is 0 Å². The number of carbonyl (C=O) groups is 2. The van der Waals surface area contributed by atoms with Crippen molar-refractivity contribution in [1.82, 2.24) is 0 Å². The van der Waals surface area contributed by atoms with Gasteiger partial charge in [0.05, 0.1) is 13.2 Å². The minimum absolute atomic E-state index is 0.105. The molecule has 6 nitrogen and oxygen atoms in total. The number of methoxy groups -OCH3 is 1. The Hall–Kier alpha value is -0.700. The van der Waals surface area contributed by atoms with Crippen LogP contribution in [0.5, 0.6) is 0 Å². The predicted molar refractivity (Wildman–Crippen MR) is 84.7 cm³/mol. The molecule has 0 rings (SSSR count). The van der Waals surface area contributed by atoms with E-state index in [1.807, 2.05) is 0 Å². The molecule has 0 heterocycles. The van der Waals surface area contributed by atoms with Gasteiger partial charge in [-0.05, 0) is 0 Å². The maximum atomic E-state index is 11.3. The summed E-state index contributed by atoms with van der Waals surface area (Å²) in [6.45, 7) is 1.32. The lowest BCUT2D eigenvalue weighted by Crippen LogP contribution is -2.08. The van der Waals surface area contributed by atoms with Crippen molar-refractivity contribution in [3.8, 4) is 0 Å². The number of esters is 2. The number of carbonyl (C=O) groups excluding carboxylic acids is 2. The zero-order chi connectivity index (χ0) is 15.8. The Bertz CT molecular complexity index is 309. The molecule has 0 aromatic rings. The fourth-order valence-corrected chi connectivity index (χ4v) is 2.27. The van der Waals surface area contributed by atoms with Gasteiger partial charge in [-0.15, -0.1) is 0 Å². The highest BCUT2D eigenvalue weighted by atomic mass is 32.2. The van der Waals surface area contributed by atoms with Crippen molar-refractivity contribution in [2.45, 2.75) is 0 Å². The number of ether oxygens (including phenoxy) is 3. The molecule has 8 heteroatoms. The molecule has 0 spiro atoms. The molecule has 21 heavy (non-hydrogen) atoms. The van der Waals surface area contributed by atoms with E-state index in [0.717, 1.165) is 17.9 Å². The van der Waals surface area contributed by atoms with Crippen LogP contribution in [0.3, 0.4) is 0 Å². The predicted octanol–water partition coefficient (Wildman–Crippen LogP) is 0.734. The molecule has 0 bridgehead atoms. The van der Waals surface area contributed by atoms with Crippen molar-refractivity contribution in [3.05, 3.63) is 12.2 Å². The van der Waals surface area contributed by atoms with Gasteiger partial charge in [0.1, 0.15) is 13.2 Å². The average molecular weight is 338 g/mol. The number of aliphatic hydroxyl groups excluding tert-OH is 1. The maximum Gasteiger partial charge on any atom is 0.331 e. The zero-order valence-corrected chi connectivity index (χ0v) is 13.7. The van der Waals surface area contributed by atoms with Crippen LogP contribution in [0.15, 0.2) is 12.2 Å². The molecule has 1 N–H and O–H groups in total. The van der Waals surface area contributed by atoms with Crippen LogP contribution < -0.4 is 0 Å². The lowest BCUT2D eigenvalue weighted by molar-refractivity contribution is -0.139. The second-order valence-electron chi connectivity index (χ2n) is 3.61. The van der Waals surface area contributed by atoms with Crippen LogP contribution in [0.25, 0.3) is 0 Å². The molecule has 0 fully saturated rings. The Kier molecular flexibility index (Phi) is 15.2. The van der Waals surface area contributed by atoms with E-state index in [1.54, 1.807) is 18.9 Å². The van der Waals surface area contributed by atoms with Crippen molar-refractivity contribution in [2.75, 3.05) is 56.5 Å². The van der Waals surface area contributed by atoms with Crippen molar-refractivity contribution >= 4 is 35.5 Å². The van der Waals surface area contributed by atoms with Crippen molar-refractivity contribution in [3.63, 3.8) is 0 Å². The average Bonchev–Trinajstić information content (AvgIpc) is 2.48. The molecule has 0 aliphatic heterocycles. The van der Waals surface area contributed by atoms with Gasteiger partial charge in [0.2, 0.25) is 0 Å². The molecule has 0 amide bonds. The van der Waals surface area contributed by atoms with E-state index in [-0.39, 0.29) is 13.2 Å². The van der Waals surface area contributed by atoms with Gasteiger partial charge in [0.25, 0.3) is 0 Å². The topological polar surface area (TPSA) is 82.1 Å². The van der Waals surface area contributed by atoms with E-state index < -0.39 is 11.9 Å². The normalized spacial score (nSPS) is 10.8. The van der Waals surface area contributed by atoms with Gasteiger partial charge in [0, 0.05) is 42.3 Å². The Morgan fingerprint density at radius 1 is 0.905 bits per heavy atom. The summed E-state index contributed by atoms with van der Waals surface area (Å²) >= 11 is 3.11. The number of rotatable bonds is 13. The van der Waals surface area contributed by atoms with E-state index >= 15 is 0 Å². The van der Waals surface area contributed by atoms with Gasteiger partial charge in [-0.2, -0.15) is 23.5 Å². The third kappa shape index (κ3) is 15.5. The van der Waals surface area contributed by atoms with Crippen LogP contribution in [0.4, 0.5) is 0 Å². The van der Waals surface area contributed by atoms with Gasteiger partial charge in [-0.3, -0.25) is 0 Å². The van der Waals surface area contributed by atoms with E-state index in [0.29, 0.717) is 30.5 Å². The minimum atomic E-state index is -0.578. The van der Waals surface area contributed by atoms with Crippen molar-refractivity contribution < 1.29 is 28.9 Å². The molecule has 0 atom stereocenters. The van der Waals surface area contributed by atoms with Gasteiger partial charge in [-0.1, -0.05) is 0 Å². The number of thioether (sulfide) groups is 2. The standard InChI is InChI=1S/C13H22O6S2/c1-17-5-9-21-11-7-19-13(16)3-2-12(15)18-6-10-20-8-4-14/h2-3,14H,4-11H2,1H3. The smallest absolute Gasteiger partial charge is 0.331 e. The lowest BCUT2D eigenvalue weighted by atomic mass is 10.5. The molecule has 0 saturated heterocycles. The highest BCUT2D eigenvalue weighted by Crippen LogP contribution is 2.00. The van der Waals surface area contributed by atoms with Crippen LogP contribution in [0.2, 0.25) is 0 Å². The summed E-state index contributed by atoms with van der Waals surface area (Å²) in [5.74, 6) is 1.63. The summed E-state index contributed by atoms with van der Waals surface area (Å²) in [5.41, 5.74) is 0. The molecule has 0 aliphatic rings.